The molecule has 6 heteroatoms. The van der Waals surface area contributed by atoms with Crippen molar-refractivity contribution in [3.8, 4) is 5.82 Å². The largest absolute Gasteiger partial charge is 1.00 e. The highest BCUT2D eigenvalue weighted by Gasteiger charge is 2.01. The van der Waals surface area contributed by atoms with Gasteiger partial charge in [-0.15, -0.1) is 24.8 Å². The standard InChI is InChI=1S/C10H9N2.3ClH.H3N/c1-4-8-12(9-5-1)10-6-2-3-7-11-10;;;;/h1-9H;3*1H;1H3/q+1;;;;/p-1. The highest BCUT2D eigenvalue weighted by atomic mass is 35.5. The van der Waals surface area contributed by atoms with E-state index >= 15 is 0 Å². The first kappa shape index (κ1) is 20.5. The zero-order valence-electron chi connectivity index (χ0n) is 8.49. The van der Waals surface area contributed by atoms with E-state index < -0.39 is 0 Å². The van der Waals surface area contributed by atoms with Crippen molar-refractivity contribution in [1.82, 2.24) is 11.1 Å². The molecule has 0 aliphatic carbocycles. The van der Waals surface area contributed by atoms with Gasteiger partial charge in [-0.3, -0.25) is 0 Å². The van der Waals surface area contributed by atoms with Crippen molar-refractivity contribution in [1.29, 1.82) is 0 Å². The third-order valence-electron chi connectivity index (χ3n) is 1.63. The summed E-state index contributed by atoms with van der Waals surface area (Å²) in [4.78, 5) is 4.21. The van der Waals surface area contributed by atoms with Crippen LogP contribution in [-0.2, 0) is 0 Å². The average Bonchev–Trinajstić information content (AvgIpc) is 2.21. The number of rotatable bonds is 1. The number of pyridine rings is 2. The quantitative estimate of drug-likeness (QED) is 0.708. The SMILES string of the molecule is Cl.Cl.N.[Cl-].c1cc[n+](-c2ccccn2)cc1. The molecule has 3 nitrogen and oxygen atoms in total. The lowest BCUT2D eigenvalue weighted by Gasteiger charge is -1.91. The number of hydrogen-bond acceptors (Lipinski definition) is 2. The molecule has 0 aliphatic heterocycles. The minimum Gasteiger partial charge on any atom is -1.00 e. The van der Waals surface area contributed by atoms with Crippen LogP contribution < -0.4 is 23.1 Å². The Balaban J connectivity index is -0.000000422. The molecule has 0 atom stereocenters. The first-order valence-electron chi connectivity index (χ1n) is 3.84. The van der Waals surface area contributed by atoms with E-state index in [0.717, 1.165) is 5.82 Å². The number of aromatic nitrogens is 2. The van der Waals surface area contributed by atoms with Crippen LogP contribution >= 0.6 is 24.8 Å². The van der Waals surface area contributed by atoms with Crippen molar-refractivity contribution in [3.05, 3.63) is 55.0 Å². The lowest BCUT2D eigenvalue weighted by atomic mass is 10.4. The Bertz CT molecular complexity index is 319. The average molecular weight is 283 g/mol. The summed E-state index contributed by atoms with van der Waals surface area (Å²) in [7, 11) is 0. The second-order valence-electron chi connectivity index (χ2n) is 2.47. The van der Waals surface area contributed by atoms with Gasteiger partial charge in [-0.1, -0.05) is 12.1 Å². The highest BCUT2D eigenvalue weighted by Crippen LogP contribution is 1.91. The van der Waals surface area contributed by atoms with Crippen molar-refractivity contribution in [3.63, 3.8) is 0 Å². The second kappa shape index (κ2) is 10.6. The Morgan fingerprint density at radius 3 is 2.00 bits per heavy atom. The first-order valence-corrected chi connectivity index (χ1v) is 3.84. The molecule has 2 rings (SSSR count). The molecule has 0 spiro atoms. The van der Waals surface area contributed by atoms with Crippen LogP contribution in [0.3, 0.4) is 0 Å². The molecular formula is C10H14Cl3N3. The summed E-state index contributed by atoms with van der Waals surface area (Å²) in [6.45, 7) is 0. The Labute approximate surface area is 114 Å². The van der Waals surface area contributed by atoms with Crippen LogP contribution in [0.2, 0.25) is 0 Å². The van der Waals surface area contributed by atoms with Gasteiger partial charge in [0.15, 0.2) is 0 Å². The number of hydrogen-bond donors (Lipinski definition) is 1. The fourth-order valence-corrected chi connectivity index (χ4v) is 1.06. The van der Waals surface area contributed by atoms with Crippen LogP contribution in [0.15, 0.2) is 55.0 Å². The third-order valence-corrected chi connectivity index (χ3v) is 1.63. The molecule has 0 bridgehead atoms. The molecular weight excluding hydrogens is 268 g/mol. The van der Waals surface area contributed by atoms with Crippen LogP contribution in [0.25, 0.3) is 5.82 Å². The molecule has 0 fully saturated rings. The van der Waals surface area contributed by atoms with Gasteiger partial charge in [0, 0.05) is 6.07 Å². The molecule has 16 heavy (non-hydrogen) atoms. The van der Waals surface area contributed by atoms with E-state index in [4.69, 9.17) is 0 Å². The van der Waals surface area contributed by atoms with E-state index in [1.54, 1.807) is 6.20 Å². The van der Waals surface area contributed by atoms with E-state index in [9.17, 15) is 0 Å². The highest BCUT2D eigenvalue weighted by molar-refractivity contribution is 5.85. The maximum Gasteiger partial charge on any atom is 0.327 e. The predicted octanol–water partition coefficient (Wildman–Crippen LogP) is -0.632. The Hall–Kier alpha value is -0.870. The topological polar surface area (TPSA) is 51.8 Å². The van der Waals surface area contributed by atoms with Gasteiger partial charge in [-0.2, -0.15) is 0 Å². The molecule has 0 unspecified atom stereocenters. The van der Waals surface area contributed by atoms with Gasteiger partial charge < -0.3 is 18.6 Å². The number of halogens is 3. The minimum atomic E-state index is 0. The molecule has 0 saturated heterocycles. The van der Waals surface area contributed by atoms with Gasteiger partial charge in [-0.25, -0.2) is 4.57 Å². The Morgan fingerprint density at radius 2 is 1.50 bits per heavy atom. The van der Waals surface area contributed by atoms with Crippen molar-refractivity contribution in [2.24, 2.45) is 0 Å². The molecule has 0 amide bonds. The van der Waals surface area contributed by atoms with Crippen LogP contribution in [0.5, 0.6) is 0 Å². The van der Waals surface area contributed by atoms with Gasteiger partial charge in [0.2, 0.25) is 0 Å². The van der Waals surface area contributed by atoms with Gasteiger partial charge in [0.05, 0.1) is 12.4 Å². The van der Waals surface area contributed by atoms with Crippen LogP contribution in [0.4, 0.5) is 0 Å². The van der Waals surface area contributed by atoms with E-state index in [-0.39, 0.29) is 43.4 Å². The van der Waals surface area contributed by atoms with E-state index in [2.05, 4.69) is 4.98 Å². The summed E-state index contributed by atoms with van der Waals surface area (Å²) in [5.74, 6) is 0.943. The zero-order valence-corrected chi connectivity index (χ0v) is 10.9. The lowest BCUT2D eigenvalue weighted by molar-refractivity contribution is -0.599. The van der Waals surface area contributed by atoms with Gasteiger partial charge in [0.1, 0.15) is 6.20 Å². The molecule has 0 saturated carbocycles. The predicted molar refractivity (Wildman–Crippen MR) is 65.3 cm³/mol. The molecule has 2 aromatic rings. The number of nitrogens with zero attached hydrogens (tertiary/aromatic N) is 2. The molecule has 0 aliphatic rings. The summed E-state index contributed by atoms with van der Waals surface area (Å²) in [6.07, 6.45) is 5.74. The first-order chi connectivity index (χ1) is 5.97. The monoisotopic (exact) mass is 281 g/mol. The minimum absolute atomic E-state index is 0. The fraction of sp³-hybridized carbons (Fsp3) is 0. The summed E-state index contributed by atoms with van der Waals surface area (Å²) >= 11 is 0. The molecule has 2 aromatic heterocycles. The van der Waals surface area contributed by atoms with Crippen molar-refractivity contribution < 1.29 is 17.0 Å². The maximum absolute atomic E-state index is 4.21. The van der Waals surface area contributed by atoms with Crippen LogP contribution in [0.1, 0.15) is 0 Å². The third kappa shape index (κ3) is 5.28. The van der Waals surface area contributed by atoms with Crippen LogP contribution in [0, 0.1) is 0 Å². The smallest absolute Gasteiger partial charge is 0.327 e. The summed E-state index contributed by atoms with van der Waals surface area (Å²) in [5, 5.41) is 0. The van der Waals surface area contributed by atoms with Crippen molar-refractivity contribution in [2.75, 3.05) is 0 Å². The van der Waals surface area contributed by atoms with E-state index in [1.807, 2.05) is 53.4 Å². The molecule has 3 N–H and O–H groups in total. The summed E-state index contributed by atoms with van der Waals surface area (Å²) in [6, 6.07) is 11.8. The van der Waals surface area contributed by atoms with Crippen LogP contribution in [-0.4, -0.2) is 4.98 Å². The molecule has 0 aromatic carbocycles. The molecule has 90 valence electrons. The Kier molecular flexibility index (Phi) is 13.7. The van der Waals surface area contributed by atoms with Crippen molar-refractivity contribution in [2.45, 2.75) is 0 Å². The van der Waals surface area contributed by atoms with Gasteiger partial charge in [-0.05, 0) is 23.2 Å². The summed E-state index contributed by atoms with van der Waals surface area (Å²) in [5.41, 5.74) is 0. The Morgan fingerprint density at radius 1 is 0.875 bits per heavy atom. The molecule has 0 radical (unpaired) electrons. The molecule has 2 heterocycles. The van der Waals surface area contributed by atoms with Crippen molar-refractivity contribution >= 4 is 24.8 Å². The second-order valence-corrected chi connectivity index (χ2v) is 2.47. The maximum atomic E-state index is 4.21. The van der Waals surface area contributed by atoms with E-state index in [0.29, 0.717) is 0 Å². The van der Waals surface area contributed by atoms with E-state index in [1.165, 1.54) is 0 Å². The van der Waals surface area contributed by atoms with Gasteiger partial charge >= 0.3 is 5.82 Å². The normalized spacial score (nSPS) is 7.25. The zero-order chi connectivity index (χ0) is 8.23. The summed E-state index contributed by atoms with van der Waals surface area (Å²) < 4.78 is 1.97. The lowest BCUT2D eigenvalue weighted by Crippen LogP contribution is -3.00. The fourth-order valence-electron chi connectivity index (χ4n) is 1.06. The van der Waals surface area contributed by atoms with Gasteiger partial charge in [0.25, 0.3) is 0 Å².